The largest absolute Gasteiger partial charge is 0.480 e. The number of carboxylic acids is 1. The van der Waals surface area contributed by atoms with Gasteiger partial charge in [0.05, 0.1) is 0 Å². The molecular weight excluding hydrogens is 386 g/mol. The first-order valence-electron chi connectivity index (χ1n) is 10.0. The SMILES string of the molecule is COCCCOCCC(NC(=O)OCC1c2ccccc2-c2ccccc21)C(=O)O. The number of carbonyl (C=O) groups excluding carboxylic acids is 1. The molecule has 0 spiro atoms. The molecule has 0 fully saturated rings. The Hall–Kier alpha value is -2.90. The van der Waals surface area contributed by atoms with Gasteiger partial charge in [0.15, 0.2) is 0 Å². The van der Waals surface area contributed by atoms with E-state index in [1.807, 2.05) is 36.4 Å². The van der Waals surface area contributed by atoms with Gasteiger partial charge < -0.3 is 24.6 Å². The quantitative estimate of drug-likeness (QED) is 0.548. The third-order valence-electron chi connectivity index (χ3n) is 5.12. The highest BCUT2D eigenvalue weighted by atomic mass is 16.5. The molecule has 1 aliphatic rings. The van der Waals surface area contributed by atoms with Crippen molar-refractivity contribution in [3.63, 3.8) is 0 Å². The van der Waals surface area contributed by atoms with Crippen molar-refractivity contribution in [3.05, 3.63) is 59.7 Å². The topological polar surface area (TPSA) is 94.1 Å². The summed E-state index contributed by atoms with van der Waals surface area (Å²) in [5, 5.41) is 11.8. The number of carboxylic acid groups (broad SMARTS) is 1. The molecule has 0 bridgehead atoms. The first-order valence-corrected chi connectivity index (χ1v) is 10.0. The van der Waals surface area contributed by atoms with Gasteiger partial charge in [-0.2, -0.15) is 0 Å². The van der Waals surface area contributed by atoms with Crippen molar-refractivity contribution in [2.45, 2.75) is 24.8 Å². The van der Waals surface area contributed by atoms with Crippen molar-refractivity contribution in [2.24, 2.45) is 0 Å². The molecule has 0 heterocycles. The number of ether oxygens (including phenoxy) is 3. The molecule has 0 saturated heterocycles. The van der Waals surface area contributed by atoms with Crippen LogP contribution in [0.2, 0.25) is 0 Å². The van der Waals surface area contributed by atoms with Gasteiger partial charge in [-0.1, -0.05) is 48.5 Å². The fourth-order valence-electron chi connectivity index (χ4n) is 3.65. The average Bonchev–Trinajstić information content (AvgIpc) is 3.07. The maximum atomic E-state index is 12.3. The van der Waals surface area contributed by atoms with Gasteiger partial charge in [-0.15, -0.1) is 0 Å². The van der Waals surface area contributed by atoms with Gasteiger partial charge >= 0.3 is 12.1 Å². The number of carbonyl (C=O) groups is 2. The van der Waals surface area contributed by atoms with Crippen LogP contribution in [-0.2, 0) is 19.0 Å². The maximum absolute atomic E-state index is 12.3. The Kier molecular flexibility index (Phi) is 7.82. The summed E-state index contributed by atoms with van der Waals surface area (Å²) < 4.78 is 15.7. The Morgan fingerprint density at radius 1 is 1.00 bits per heavy atom. The number of fused-ring (bicyclic) bond motifs is 3. The number of hydrogen-bond acceptors (Lipinski definition) is 5. The number of hydrogen-bond donors (Lipinski definition) is 2. The van der Waals surface area contributed by atoms with Gasteiger partial charge in [0.25, 0.3) is 0 Å². The summed E-state index contributed by atoms with van der Waals surface area (Å²) in [5.41, 5.74) is 4.48. The molecule has 0 aromatic heterocycles. The first kappa shape index (κ1) is 21.8. The van der Waals surface area contributed by atoms with Gasteiger partial charge in [-0.25, -0.2) is 9.59 Å². The number of rotatable bonds is 11. The second-order valence-electron chi connectivity index (χ2n) is 7.11. The Morgan fingerprint density at radius 3 is 2.23 bits per heavy atom. The summed E-state index contributed by atoms with van der Waals surface area (Å²) in [5.74, 6) is -1.19. The molecule has 2 N–H and O–H groups in total. The molecule has 1 unspecified atom stereocenters. The molecular formula is C23H27NO6. The fraction of sp³-hybridized carbons (Fsp3) is 0.391. The van der Waals surface area contributed by atoms with Crippen LogP contribution in [-0.4, -0.2) is 56.7 Å². The van der Waals surface area contributed by atoms with E-state index >= 15 is 0 Å². The van der Waals surface area contributed by atoms with Crippen molar-refractivity contribution >= 4 is 12.1 Å². The lowest BCUT2D eigenvalue weighted by atomic mass is 9.98. The van der Waals surface area contributed by atoms with Crippen molar-refractivity contribution in [1.82, 2.24) is 5.32 Å². The third-order valence-corrected chi connectivity index (χ3v) is 5.12. The van der Waals surface area contributed by atoms with Crippen LogP contribution < -0.4 is 5.32 Å². The van der Waals surface area contributed by atoms with Crippen molar-refractivity contribution in [1.29, 1.82) is 0 Å². The summed E-state index contributed by atoms with van der Waals surface area (Å²) >= 11 is 0. The summed E-state index contributed by atoms with van der Waals surface area (Å²) in [6.45, 7) is 1.43. The summed E-state index contributed by atoms with van der Waals surface area (Å²) in [6.07, 6.45) is 0.143. The molecule has 1 amide bonds. The van der Waals surface area contributed by atoms with Gasteiger partial charge in [0, 0.05) is 39.3 Å². The Balaban J connectivity index is 1.53. The van der Waals surface area contributed by atoms with Crippen LogP contribution >= 0.6 is 0 Å². The van der Waals surface area contributed by atoms with Crippen LogP contribution in [0.3, 0.4) is 0 Å². The van der Waals surface area contributed by atoms with E-state index in [4.69, 9.17) is 14.2 Å². The number of benzene rings is 2. The minimum atomic E-state index is -1.12. The molecule has 7 nitrogen and oxygen atoms in total. The second-order valence-corrected chi connectivity index (χ2v) is 7.11. The van der Waals surface area contributed by atoms with Crippen LogP contribution in [0.15, 0.2) is 48.5 Å². The van der Waals surface area contributed by atoms with E-state index in [0.717, 1.165) is 28.7 Å². The Morgan fingerprint density at radius 2 is 1.63 bits per heavy atom. The second kappa shape index (κ2) is 10.8. The number of methoxy groups -OCH3 is 1. The normalized spacial score (nSPS) is 13.4. The van der Waals surface area contributed by atoms with E-state index in [1.54, 1.807) is 7.11 Å². The van der Waals surface area contributed by atoms with Gasteiger partial charge in [0.1, 0.15) is 12.6 Å². The summed E-state index contributed by atoms with van der Waals surface area (Å²) in [7, 11) is 1.61. The molecule has 1 atom stereocenters. The first-order chi connectivity index (χ1) is 14.6. The number of alkyl carbamates (subject to hydrolysis) is 1. The minimum Gasteiger partial charge on any atom is -0.480 e. The monoisotopic (exact) mass is 413 g/mol. The van der Waals surface area contributed by atoms with Crippen LogP contribution in [0.1, 0.15) is 29.9 Å². The van der Waals surface area contributed by atoms with Crippen LogP contribution in [0, 0.1) is 0 Å². The molecule has 2 aromatic rings. The van der Waals surface area contributed by atoms with Crippen molar-refractivity contribution < 1.29 is 28.9 Å². The maximum Gasteiger partial charge on any atom is 0.407 e. The molecule has 2 aromatic carbocycles. The fourth-order valence-corrected chi connectivity index (χ4v) is 3.65. The molecule has 1 aliphatic carbocycles. The lowest BCUT2D eigenvalue weighted by Gasteiger charge is -2.17. The predicted molar refractivity (Wildman–Crippen MR) is 112 cm³/mol. The Labute approximate surface area is 176 Å². The lowest BCUT2D eigenvalue weighted by molar-refractivity contribution is -0.139. The van der Waals surface area contributed by atoms with Crippen molar-refractivity contribution in [3.8, 4) is 11.1 Å². The van der Waals surface area contributed by atoms with E-state index in [9.17, 15) is 14.7 Å². The zero-order valence-corrected chi connectivity index (χ0v) is 17.0. The lowest BCUT2D eigenvalue weighted by Crippen LogP contribution is -2.42. The number of nitrogens with one attached hydrogen (secondary N) is 1. The molecule has 0 radical (unpaired) electrons. The zero-order valence-electron chi connectivity index (χ0n) is 17.0. The van der Waals surface area contributed by atoms with E-state index in [2.05, 4.69) is 17.4 Å². The Bertz CT molecular complexity index is 823. The smallest absolute Gasteiger partial charge is 0.407 e. The van der Waals surface area contributed by atoms with Crippen LogP contribution in [0.5, 0.6) is 0 Å². The average molecular weight is 413 g/mol. The van der Waals surface area contributed by atoms with Crippen LogP contribution in [0.25, 0.3) is 11.1 Å². The molecule has 160 valence electrons. The van der Waals surface area contributed by atoms with E-state index < -0.39 is 18.1 Å². The van der Waals surface area contributed by atoms with E-state index in [-0.39, 0.29) is 25.6 Å². The number of aliphatic carboxylic acids is 1. The van der Waals surface area contributed by atoms with E-state index in [0.29, 0.717) is 13.2 Å². The van der Waals surface area contributed by atoms with Gasteiger partial charge in [0.2, 0.25) is 0 Å². The highest BCUT2D eigenvalue weighted by Gasteiger charge is 2.29. The summed E-state index contributed by atoms with van der Waals surface area (Å²) in [4.78, 5) is 23.7. The molecule has 7 heteroatoms. The minimum absolute atomic E-state index is 0.0736. The summed E-state index contributed by atoms with van der Waals surface area (Å²) in [6, 6.07) is 15.0. The molecule has 3 rings (SSSR count). The molecule has 0 saturated carbocycles. The number of amides is 1. The highest BCUT2D eigenvalue weighted by molar-refractivity contribution is 5.81. The van der Waals surface area contributed by atoms with E-state index in [1.165, 1.54) is 0 Å². The third kappa shape index (κ3) is 5.37. The van der Waals surface area contributed by atoms with Crippen LogP contribution in [0.4, 0.5) is 4.79 Å². The highest BCUT2D eigenvalue weighted by Crippen LogP contribution is 2.44. The molecule has 30 heavy (non-hydrogen) atoms. The molecule has 0 aliphatic heterocycles. The van der Waals surface area contributed by atoms with Gasteiger partial charge in [-0.05, 0) is 28.7 Å². The van der Waals surface area contributed by atoms with Gasteiger partial charge in [-0.3, -0.25) is 0 Å². The zero-order chi connectivity index (χ0) is 21.3. The standard InChI is InChI=1S/C23H27NO6/c1-28-12-6-13-29-14-11-21(22(25)26)24-23(27)30-15-20-18-9-4-2-7-16(18)17-8-3-5-10-19(17)20/h2-5,7-10,20-21H,6,11-15H2,1H3,(H,24,27)(H,25,26). The van der Waals surface area contributed by atoms with Crippen molar-refractivity contribution in [2.75, 3.05) is 33.5 Å². The predicted octanol–water partition coefficient (Wildman–Crippen LogP) is 3.42.